The lowest BCUT2D eigenvalue weighted by Crippen LogP contribution is -2.37. The number of aromatic nitrogens is 6. The molecule has 11 rings (SSSR count). The second kappa shape index (κ2) is 20.0. The van der Waals surface area contributed by atoms with E-state index in [2.05, 4.69) is 41.1 Å². The van der Waals surface area contributed by atoms with Crippen LogP contribution in [0.4, 0.5) is 20.4 Å². The first-order valence-electron chi connectivity index (χ1n) is 23.4. The maximum atomic E-state index is 14.2. The Kier molecular flexibility index (Phi) is 13.2. The van der Waals surface area contributed by atoms with Crippen LogP contribution < -0.4 is 21.3 Å². The van der Waals surface area contributed by atoms with E-state index in [9.17, 15) is 18.4 Å². The van der Waals surface area contributed by atoms with Gasteiger partial charge in [0, 0.05) is 79.3 Å². The number of amides is 2. The van der Waals surface area contributed by atoms with Crippen LogP contribution in [0.25, 0.3) is 55.9 Å². The zero-order valence-electron chi connectivity index (χ0n) is 37.6. The molecule has 0 spiro atoms. The zero-order chi connectivity index (χ0) is 46.6. The molecule has 2 aliphatic carbocycles. The van der Waals surface area contributed by atoms with Crippen molar-refractivity contribution in [2.45, 2.75) is 57.0 Å². The van der Waals surface area contributed by atoms with E-state index in [0.717, 1.165) is 100 Å². The van der Waals surface area contributed by atoms with Crippen LogP contribution in [0.15, 0.2) is 97.3 Å². The summed E-state index contributed by atoms with van der Waals surface area (Å²) >= 11 is 0. The number of nitrogens with one attached hydrogen (secondary N) is 4. The second-order valence-corrected chi connectivity index (χ2v) is 17.5. The van der Waals surface area contributed by atoms with Crippen molar-refractivity contribution in [1.29, 1.82) is 0 Å². The van der Waals surface area contributed by atoms with Gasteiger partial charge in [-0.2, -0.15) is 0 Å². The molecule has 68 heavy (non-hydrogen) atoms. The van der Waals surface area contributed by atoms with E-state index in [-0.39, 0.29) is 30.1 Å². The molecule has 2 amide bonds. The van der Waals surface area contributed by atoms with Crippen LogP contribution in [0.2, 0.25) is 0 Å². The molecule has 350 valence electrons. The van der Waals surface area contributed by atoms with Gasteiger partial charge in [0.15, 0.2) is 22.9 Å². The molecule has 17 heteroatoms. The molecule has 0 atom stereocenters. The summed E-state index contributed by atoms with van der Waals surface area (Å²) < 4.78 is 37.6. The Balaban J connectivity index is 0.000000160. The van der Waals surface area contributed by atoms with Crippen molar-refractivity contribution >= 4 is 56.8 Å². The molecule has 4 aromatic heterocycles. The van der Waals surface area contributed by atoms with Gasteiger partial charge < -0.3 is 31.1 Å². The van der Waals surface area contributed by atoms with E-state index >= 15 is 0 Å². The number of imidazole rings is 2. The number of carbonyl (C=O) groups is 2. The van der Waals surface area contributed by atoms with E-state index < -0.39 is 0 Å². The highest BCUT2D eigenvalue weighted by molar-refractivity contribution is 5.96. The molecular weight excluding hydrogens is 869 g/mol. The summed E-state index contributed by atoms with van der Waals surface area (Å²) in [6.07, 6.45) is 10.2. The van der Waals surface area contributed by atoms with E-state index in [4.69, 9.17) is 14.8 Å². The number of rotatable bonds is 16. The zero-order valence-corrected chi connectivity index (χ0v) is 37.6. The quantitative estimate of drug-likeness (QED) is 0.0608. The lowest BCUT2D eigenvalue weighted by molar-refractivity contribution is 0.0378. The van der Waals surface area contributed by atoms with Crippen LogP contribution in [0, 0.1) is 11.6 Å². The Morgan fingerprint density at radius 1 is 0.632 bits per heavy atom. The van der Waals surface area contributed by atoms with E-state index in [1.54, 1.807) is 36.7 Å². The van der Waals surface area contributed by atoms with Crippen molar-refractivity contribution < 1.29 is 28.2 Å². The molecule has 2 saturated carbocycles. The third-order valence-electron chi connectivity index (χ3n) is 12.4. The van der Waals surface area contributed by atoms with Crippen LogP contribution in [-0.4, -0.2) is 115 Å². The first-order valence-corrected chi connectivity index (χ1v) is 23.4. The smallest absolute Gasteiger partial charge is 0.251 e. The number of aliphatic hydroxyl groups excluding tert-OH is 1. The molecule has 1 saturated heterocycles. The fourth-order valence-corrected chi connectivity index (χ4v) is 8.41. The van der Waals surface area contributed by atoms with Crippen molar-refractivity contribution in [3.63, 3.8) is 0 Å². The first-order chi connectivity index (χ1) is 33.3. The number of anilines is 2. The predicted octanol–water partition coefficient (Wildman–Crippen LogP) is 7.48. The van der Waals surface area contributed by atoms with Gasteiger partial charge in [-0.1, -0.05) is 24.3 Å². The van der Waals surface area contributed by atoms with Crippen LogP contribution >= 0.6 is 0 Å². The third kappa shape index (κ3) is 10.1. The minimum Gasteiger partial charge on any atom is -0.396 e. The molecule has 0 unspecified atom stereocenters. The number of fused-ring (bicyclic) bond motifs is 6. The van der Waals surface area contributed by atoms with E-state index in [0.29, 0.717) is 81.2 Å². The van der Waals surface area contributed by atoms with Crippen molar-refractivity contribution in [1.82, 2.24) is 44.3 Å². The van der Waals surface area contributed by atoms with E-state index in [1.807, 2.05) is 45.2 Å². The number of halogens is 2. The molecule has 5 N–H and O–H groups in total. The number of ether oxygens (including phenoxy) is 1. The topological polar surface area (TPSA) is 175 Å². The summed E-state index contributed by atoms with van der Waals surface area (Å²) in [4.78, 5) is 45.7. The lowest BCUT2D eigenvalue weighted by atomic mass is 10.1. The number of hydrogen-bond donors (Lipinski definition) is 5. The Hall–Kier alpha value is -7.08. The minimum absolute atomic E-state index is 0.0533. The average molecular weight is 922 g/mol. The number of morpholine rings is 1. The van der Waals surface area contributed by atoms with Crippen molar-refractivity contribution in [2.75, 3.05) is 63.2 Å². The molecule has 3 aliphatic rings. The summed E-state index contributed by atoms with van der Waals surface area (Å²) in [6, 6.07) is 24.5. The first kappa shape index (κ1) is 44.7. The monoisotopic (exact) mass is 921 g/mol. The van der Waals surface area contributed by atoms with Gasteiger partial charge in [0.05, 0.1) is 59.1 Å². The summed E-state index contributed by atoms with van der Waals surface area (Å²) in [6.45, 7) is 6.04. The Morgan fingerprint density at radius 2 is 1.10 bits per heavy atom. The number of hydrogen-bond acceptors (Lipinski definition) is 11. The Morgan fingerprint density at radius 3 is 1.56 bits per heavy atom. The molecule has 5 heterocycles. The van der Waals surface area contributed by atoms with Gasteiger partial charge in [0.25, 0.3) is 11.8 Å². The SMILES string of the molecule is O=C(NC1CC1)c1ccc(-c2cnc3c(NCCCCO)nc4ccc(F)cc4n23)cc1.O=C(NC1CC1)c1ccc(-c2cnc3c(NCCCN4CCOCC4)nc4ccc(F)cc4n23)cc1. The molecule has 0 radical (unpaired) electrons. The van der Waals surface area contributed by atoms with E-state index in [1.165, 1.54) is 24.3 Å². The number of nitrogens with zero attached hydrogens (tertiary/aromatic N) is 7. The van der Waals surface area contributed by atoms with Gasteiger partial charge in [-0.25, -0.2) is 28.7 Å². The Bertz CT molecular complexity index is 3090. The normalized spacial score (nSPS) is 15.1. The van der Waals surface area contributed by atoms with Crippen molar-refractivity contribution in [3.8, 4) is 22.5 Å². The molecule has 15 nitrogen and oxygen atoms in total. The molecular formula is C51H53F2N11O4. The van der Waals surface area contributed by atoms with Gasteiger partial charge in [0.2, 0.25) is 0 Å². The van der Waals surface area contributed by atoms with Crippen molar-refractivity contribution in [3.05, 3.63) is 120 Å². The largest absolute Gasteiger partial charge is 0.396 e. The standard InChI is InChI=1S/C27H29FN6O2.C24H24FN5O2/c28-20-6-9-22-23(16-20)34-24(18-2-4-19(5-3-18)27(35)31-21-7-8-21)17-30-26(34)25(32-22)29-10-1-11-33-12-14-36-15-13-33;25-17-7-10-19-20(13-17)30-21(14-27-23(30)22(29-19)26-11-1-2-12-31)15-3-5-16(6-4-15)24(32)28-18-8-9-18/h2-6,9,16-17,21H,1,7-8,10-15H2,(H,29,32)(H,31,35);3-7,10,13-14,18,31H,1-2,8-9,11-12H2,(H,26,29)(H,28,32). The Labute approximate surface area is 391 Å². The highest BCUT2D eigenvalue weighted by Crippen LogP contribution is 2.31. The summed E-state index contributed by atoms with van der Waals surface area (Å²) in [5, 5.41) is 21.8. The summed E-state index contributed by atoms with van der Waals surface area (Å²) in [5.41, 5.74) is 8.40. The maximum absolute atomic E-state index is 14.2. The highest BCUT2D eigenvalue weighted by Gasteiger charge is 2.25. The van der Waals surface area contributed by atoms with Gasteiger partial charge in [-0.15, -0.1) is 0 Å². The number of aliphatic hydroxyl groups is 1. The highest BCUT2D eigenvalue weighted by atomic mass is 19.1. The molecule has 0 bridgehead atoms. The van der Waals surface area contributed by atoms with Gasteiger partial charge in [0.1, 0.15) is 11.6 Å². The van der Waals surface area contributed by atoms with Crippen LogP contribution in [0.3, 0.4) is 0 Å². The molecule has 4 aromatic carbocycles. The maximum Gasteiger partial charge on any atom is 0.251 e. The summed E-state index contributed by atoms with van der Waals surface area (Å²) in [5.74, 6) is 0.474. The third-order valence-corrected chi connectivity index (χ3v) is 12.4. The molecule has 8 aromatic rings. The number of benzene rings is 4. The van der Waals surface area contributed by atoms with Crippen molar-refractivity contribution in [2.24, 2.45) is 0 Å². The minimum atomic E-state index is -0.351. The van der Waals surface area contributed by atoms with Crippen LogP contribution in [0.1, 0.15) is 65.7 Å². The van der Waals surface area contributed by atoms with Gasteiger partial charge >= 0.3 is 0 Å². The molecule has 3 fully saturated rings. The predicted molar refractivity (Wildman–Crippen MR) is 258 cm³/mol. The van der Waals surface area contributed by atoms with Gasteiger partial charge in [-0.05, 0) is 100 Å². The average Bonchev–Trinajstić information content (AvgIpc) is 4.28. The number of unbranched alkanes of at least 4 members (excludes halogenated alkanes) is 1. The summed E-state index contributed by atoms with van der Waals surface area (Å²) in [7, 11) is 0. The fraction of sp³-hybridized carbons (Fsp3) is 0.333. The second-order valence-electron chi connectivity index (χ2n) is 17.5. The van der Waals surface area contributed by atoms with Gasteiger partial charge in [-0.3, -0.25) is 23.3 Å². The van der Waals surface area contributed by atoms with Crippen LogP contribution in [-0.2, 0) is 4.74 Å². The fourth-order valence-electron chi connectivity index (χ4n) is 8.41. The van der Waals surface area contributed by atoms with Crippen LogP contribution in [0.5, 0.6) is 0 Å². The lowest BCUT2D eigenvalue weighted by Gasteiger charge is -2.26. The number of carbonyl (C=O) groups excluding carboxylic acids is 2. The molecule has 1 aliphatic heterocycles.